The summed E-state index contributed by atoms with van der Waals surface area (Å²) in [6.45, 7) is 2.00. The second kappa shape index (κ2) is 6.85. The highest BCUT2D eigenvalue weighted by molar-refractivity contribution is 8.01. The average Bonchev–Trinajstić information content (AvgIpc) is 3.18. The molecule has 2 saturated heterocycles. The van der Waals surface area contributed by atoms with Gasteiger partial charge in [0.1, 0.15) is 11.8 Å². The van der Waals surface area contributed by atoms with Gasteiger partial charge in [-0.1, -0.05) is 30.3 Å². The number of carbonyl (C=O) groups excluding carboxylic acids is 3. The highest BCUT2D eigenvalue weighted by atomic mass is 32.2. The number of fused-ring (bicyclic) bond motifs is 1. The molecule has 2 aromatic carbocycles. The van der Waals surface area contributed by atoms with Crippen LogP contribution in [0.25, 0.3) is 0 Å². The first-order valence-electron chi connectivity index (χ1n) is 8.85. The van der Waals surface area contributed by atoms with Crippen LogP contribution in [-0.2, 0) is 9.59 Å². The molecule has 0 aromatic heterocycles. The van der Waals surface area contributed by atoms with Crippen LogP contribution in [0.3, 0.4) is 0 Å². The zero-order chi connectivity index (χ0) is 19.0. The number of nitrogens with zero attached hydrogens (tertiary/aromatic N) is 1. The summed E-state index contributed by atoms with van der Waals surface area (Å²) >= 11 is 1.63. The fourth-order valence-electron chi connectivity index (χ4n) is 3.61. The zero-order valence-corrected chi connectivity index (χ0v) is 15.7. The van der Waals surface area contributed by atoms with E-state index in [1.165, 1.54) is 0 Å². The van der Waals surface area contributed by atoms with Gasteiger partial charge in [0.05, 0.1) is 4.87 Å². The molecular formula is C21H19NO4S. The number of carbonyl (C=O) groups is 3. The summed E-state index contributed by atoms with van der Waals surface area (Å²) in [5.41, 5.74) is 1.14. The summed E-state index contributed by atoms with van der Waals surface area (Å²) in [6, 6.07) is 15.0. The molecule has 2 atom stereocenters. The summed E-state index contributed by atoms with van der Waals surface area (Å²) < 4.78 is 5.48. The first kappa shape index (κ1) is 17.8. The molecule has 0 saturated carbocycles. The summed E-state index contributed by atoms with van der Waals surface area (Å²) in [5.74, 6) is 0.414. The van der Waals surface area contributed by atoms with Crippen molar-refractivity contribution < 1.29 is 19.1 Å². The number of hydrogen-bond acceptors (Lipinski definition) is 5. The minimum Gasteiger partial charge on any atom is -0.425 e. The van der Waals surface area contributed by atoms with Crippen LogP contribution in [0.1, 0.15) is 35.7 Å². The largest absolute Gasteiger partial charge is 0.425 e. The molecule has 2 heterocycles. The van der Waals surface area contributed by atoms with Crippen molar-refractivity contribution in [2.45, 2.75) is 30.7 Å². The Bertz CT molecular complexity index is 896. The van der Waals surface area contributed by atoms with E-state index in [1.807, 2.05) is 25.1 Å². The lowest BCUT2D eigenvalue weighted by Gasteiger charge is -2.29. The van der Waals surface area contributed by atoms with E-state index in [2.05, 4.69) is 0 Å². The third-order valence-corrected chi connectivity index (χ3v) is 6.59. The van der Waals surface area contributed by atoms with Crippen molar-refractivity contribution in [1.82, 2.24) is 4.90 Å². The van der Waals surface area contributed by atoms with Gasteiger partial charge in [0.15, 0.2) is 5.78 Å². The minimum absolute atomic E-state index is 0.00764. The molecule has 2 fully saturated rings. The average molecular weight is 381 g/mol. The minimum atomic E-state index is -0.555. The van der Waals surface area contributed by atoms with Gasteiger partial charge in [0.25, 0.3) is 0 Å². The van der Waals surface area contributed by atoms with Crippen LogP contribution in [0.15, 0.2) is 54.6 Å². The number of thioether (sulfide) groups is 1. The predicted octanol–water partition coefficient (Wildman–Crippen LogP) is 3.28. The van der Waals surface area contributed by atoms with Crippen molar-refractivity contribution in [1.29, 1.82) is 0 Å². The summed E-state index contributed by atoms with van der Waals surface area (Å²) in [7, 11) is 0. The predicted molar refractivity (Wildman–Crippen MR) is 103 cm³/mol. The van der Waals surface area contributed by atoms with Crippen LogP contribution in [0.4, 0.5) is 0 Å². The molecule has 1 amide bonds. The van der Waals surface area contributed by atoms with Crippen LogP contribution in [0.5, 0.6) is 5.75 Å². The molecule has 4 rings (SSSR count). The molecule has 0 radical (unpaired) electrons. The number of amides is 1. The van der Waals surface area contributed by atoms with Crippen LogP contribution in [0, 0.1) is 0 Å². The van der Waals surface area contributed by atoms with Gasteiger partial charge in [-0.25, -0.2) is 4.79 Å². The Kier molecular flexibility index (Phi) is 4.52. The zero-order valence-electron chi connectivity index (χ0n) is 14.9. The lowest BCUT2D eigenvalue weighted by Crippen LogP contribution is -2.47. The lowest BCUT2D eigenvalue weighted by atomic mass is 10.0. The van der Waals surface area contributed by atoms with Crippen molar-refractivity contribution in [2.24, 2.45) is 0 Å². The van der Waals surface area contributed by atoms with Crippen molar-refractivity contribution in [3.8, 4) is 5.75 Å². The number of ketones is 1. The Labute approximate surface area is 161 Å². The number of rotatable bonds is 4. The fourth-order valence-corrected chi connectivity index (χ4v) is 5.03. The highest BCUT2D eigenvalue weighted by Gasteiger charge is 2.53. The lowest BCUT2D eigenvalue weighted by molar-refractivity contribution is -0.146. The first-order chi connectivity index (χ1) is 13.0. The second-order valence-corrected chi connectivity index (χ2v) is 8.41. The molecule has 0 aliphatic carbocycles. The smallest absolute Gasteiger partial charge is 0.335 e. The molecule has 5 nitrogen and oxygen atoms in total. The van der Waals surface area contributed by atoms with Gasteiger partial charge in [0.2, 0.25) is 5.91 Å². The Balaban J connectivity index is 1.45. The summed E-state index contributed by atoms with van der Waals surface area (Å²) in [5, 5.41) is 0. The first-order valence-corrected chi connectivity index (χ1v) is 9.84. The Morgan fingerprint density at radius 2 is 1.74 bits per heavy atom. The van der Waals surface area contributed by atoms with Crippen molar-refractivity contribution in [2.75, 3.05) is 5.75 Å². The molecule has 2 aliphatic heterocycles. The maximum atomic E-state index is 12.6. The van der Waals surface area contributed by atoms with Gasteiger partial charge in [0, 0.05) is 23.3 Å². The van der Waals surface area contributed by atoms with Crippen molar-refractivity contribution >= 4 is 29.4 Å². The van der Waals surface area contributed by atoms with Gasteiger partial charge in [-0.05, 0) is 37.6 Å². The van der Waals surface area contributed by atoms with Gasteiger partial charge < -0.3 is 9.64 Å². The van der Waals surface area contributed by atoms with E-state index in [1.54, 1.807) is 53.1 Å². The molecule has 2 aromatic rings. The summed E-state index contributed by atoms with van der Waals surface area (Å²) in [6.07, 6.45) is 1.24. The third kappa shape index (κ3) is 3.25. The van der Waals surface area contributed by atoms with Crippen LogP contribution < -0.4 is 4.74 Å². The van der Waals surface area contributed by atoms with Crippen LogP contribution >= 0.6 is 11.8 Å². The molecule has 0 N–H and O–H groups in total. The number of hydrogen-bond donors (Lipinski definition) is 0. The fraction of sp³-hybridized carbons (Fsp3) is 0.286. The van der Waals surface area contributed by atoms with E-state index in [0.29, 0.717) is 29.1 Å². The quantitative estimate of drug-likeness (QED) is 0.462. The molecule has 0 bridgehead atoms. The molecule has 27 heavy (non-hydrogen) atoms. The molecular weight excluding hydrogens is 362 g/mol. The van der Waals surface area contributed by atoms with E-state index in [-0.39, 0.29) is 16.6 Å². The molecule has 6 heteroatoms. The number of benzene rings is 2. The van der Waals surface area contributed by atoms with Crippen LogP contribution in [0.2, 0.25) is 0 Å². The van der Waals surface area contributed by atoms with E-state index >= 15 is 0 Å². The summed E-state index contributed by atoms with van der Waals surface area (Å²) in [4.78, 5) is 38.5. The normalized spacial score (nSPS) is 24.0. The Morgan fingerprint density at radius 3 is 2.44 bits per heavy atom. The Hall–Kier alpha value is -2.60. The van der Waals surface area contributed by atoms with Gasteiger partial charge in [-0.3, -0.25) is 9.59 Å². The van der Waals surface area contributed by atoms with Crippen molar-refractivity contribution in [3.05, 3.63) is 65.7 Å². The second-order valence-electron chi connectivity index (χ2n) is 6.91. The maximum absolute atomic E-state index is 12.6. The molecule has 2 aliphatic rings. The molecule has 138 valence electrons. The van der Waals surface area contributed by atoms with Gasteiger partial charge in [-0.2, -0.15) is 0 Å². The standard InChI is InChI=1S/C21H19NO4S/c1-21-12-11-18(23)22(21)17(13-27-21)20(25)26-16-9-7-15(8-10-16)19(24)14-5-3-2-4-6-14/h2-10,17H,11-13H2,1H3/t17-,21+/m0/s1. The third-order valence-electron chi connectivity index (χ3n) is 5.09. The van der Waals surface area contributed by atoms with Crippen molar-refractivity contribution in [3.63, 3.8) is 0 Å². The monoisotopic (exact) mass is 381 g/mol. The van der Waals surface area contributed by atoms with Gasteiger partial charge in [-0.15, -0.1) is 11.8 Å². The van der Waals surface area contributed by atoms with E-state index in [0.717, 1.165) is 6.42 Å². The highest BCUT2D eigenvalue weighted by Crippen LogP contribution is 2.47. The molecule has 0 unspecified atom stereocenters. The van der Waals surface area contributed by atoms with Gasteiger partial charge >= 0.3 is 5.97 Å². The van der Waals surface area contributed by atoms with E-state index < -0.39 is 12.0 Å². The Morgan fingerprint density at radius 1 is 1.07 bits per heavy atom. The number of esters is 1. The maximum Gasteiger partial charge on any atom is 0.335 e. The van der Waals surface area contributed by atoms with E-state index in [4.69, 9.17) is 4.74 Å². The SMILES string of the molecule is C[C@@]12CCC(=O)N1[C@H](C(=O)Oc1ccc(C(=O)c3ccccc3)cc1)CS2. The van der Waals surface area contributed by atoms with E-state index in [9.17, 15) is 14.4 Å². The number of ether oxygens (including phenoxy) is 1. The van der Waals surface area contributed by atoms with Crippen LogP contribution in [-0.4, -0.2) is 39.2 Å². The molecule has 0 spiro atoms. The topological polar surface area (TPSA) is 63.7 Å².